The lowest BCUT2D eigenvalue weighted by molar-refractivity contribution is -0.283. The fourth-order valence-electron chi connectivity index (χ4n) is 4.34. The number of nitrogens with zero attached hydrogens (tertiary/aromatic N) is 1. The Bertz CT molecular complexity index is 430. The summed E-state index contributed by atoms with van der Waals surface area (Å²) >= 11 is 0. The molecule has 134 valence electrons. The molecule has 1 N–H and O–H groups in total. The van der Waals surface area contributed by atoms with Gasteiger partial charge in [-0.3, -0.25) is 4.79 Å². The van der Waals surface area contributed by atoms with E-state index in [1.807, 2.05) is 24.3 Å². The molecular formula is C20H32N2O2. The molecule has 0 radical (unpaired) electrons. The largest absolute Gasteiger partial charge is 0.353 e. The number of hydrogen-bond donors (Lipinski definition) is 1. The molecule has 4 nitrogen and oxygen atoms in total. The van der Waals surface area contributed by atoms with E-state index >= 15 is 0 Å². The Balaban J connectivity index is 3.43. The summed E-state index contributed by atoms with van der Waals surface area (Å²) in [5, 5.41) is 5.21. The van der Waals surface area contributed by atoms with Crippen LogP contribution in [0.5, 0.6) is 0 Å². The van der Waals surface area contributed by atoms with Crippen molar-refractivity contribution in [3.63, 3.8) is 0 Å². The Morgan fingerprint density at radius 1 is 1.04 bits per heavy atom. The van der Waals surface area contributed by atoms with Gasteiger partial charge in [0.2, 0.25) is 5.91 Å². The Kier molecular flexibility index (Phi) is 7.64. The van der Waals surface area contributed by atoms with Gasteiger partial charge in [-0.05, 0) is 38.5 Å². The highest BCUT2D eigenvalue weighted by Crippen LogP contribution is 2.46. The molecule has 0 aromatic carbocycles. The van der Waals surface area contributed by atoms with Crippen molar-refractivity contribution in [2.24, 2.45) is 0 Å². The van der Waals surface area contributed by atoms with Crippen LogP contribution in [0.4, 0.5) is 0 Å². The number of carbonyl (C=O) groups is 1. The average Bonchev–Trinajstić information content (AvgIpc) is 2.47. The van der Waals surface area contributed by atoms with Gasteiger partial charge in [0.1, 0.15) is 0 Å². The second kappa shape index (κ2) is 9.00. The molecule has 1 rings (SSSR count). The van der Waals surface area contributed by atoms with Gasteiger partial charge in [-0.25, -0.2) is 0 Å². The molecule has 0 saturated carbocycles. The summed E-state index contributed by atoms with van der Waals surface area (Å²) < 4.78 is 0. The first-order valence-electron chi connectivity index (χ1n) is 8.48. The van der Waals surface area contributed by atoms with Gasteiger partial charge in [0.15, 0.2) is 0 Å². The number of hydroxylamine groups is 2. The van der Waals surface area contributed by atoms with E-state index in [0.29, 0.717) is 0 Å². The van der Waals surface area contributed by atoms with Crippen molar-refractivity contribution >= 4 is 5.91 Å². The van der Waals surface area contributed by atoms with E-state index in [1.165, 1.54) is 0 Å². The highest BCUT2D eigenvalue weighted by Gasteiger charge is 2.53. The minimum atomic E-state index is -0.296. The van der Waals surface area contributed by atoms with Crippen LogP contribution in [0.1, 0.15) is 45.4 Å². The van der Waals surface area contributed by atoms with Crippen LogP contribution in [0.25, 0.3) is 0 Å². The highest BCUT2D eigenvalue weighted by molar-refractivity contribution is 5.73. The van der Waals surface area contributed by atoms with Crippen molar-refractivity contribution in [3.05, 3.63) is 50.6 Å². The normalized spacial score (nSPS) is 20.1. The molecule has 1 aliphatic rings. The summed E-state index contributed by atoms with van der Waals surface area (Å²) in [6.07, 6.45) is 12.2. The van der Waals surface area contributed by atoms with Gasteiger partial charge in [-0.1, -0.05) is 24.3 Å². The molecule has 0 aromatic heterocycles. The van der Waals surface area contributed by atoms with Crippen molar-refractivity contribution in [1.29, 1.82) is 0 Å². The molecule has 1 heterocycles. The number of carbonyl (C=O) groups excluding carboxylic acids is 1. The summed E-state index contributed by atoms with van der Waals surface area (Å²) in [5.41, 5.74) is -0.592. The molecular weight excluding hydrogens is 300 g/mol. The highest BCUT2D eigenvalue weighted by atomic mass is 16.7. The smallest absolute Gasteiger partial charge is 0.217 e. The molecule has 4 heteroatoms. The van der Waals surface area contributed by atoms with E-state index in [0.717, 1.165) is 38.5 Å². The fraction of sp³-hybridized carbons (Fsp3) is 0.550. The third kappa shape index (κ3) is 4.25. The zero-order chi connectivity index (χ0) is 18.2. The Labute approximate surface area is 146 Å². The SMILES string of the molecule is C=CCC1(CC=C)CC(NC(C)=O)CC(CC=C)(CC=C)N1OC. The summed E-state index contributed by atoms with van der Waals surface area (Å²) in [4.78, 5) is 17.6. The van der Waals surface area contributed by atoms with E-state index < -0.39 is 0 Å². The average molecular weight is 332 g/mol. The maximum Gasteiger partial charge on any atom is 0.217 e. The topological polar surface area (TPSA) is 41.6 Å². The molecule has 0 spiro atoms. The van der Waals surface area contributed by atoms with Crippen LogP contribution in [0, 0.1) is 0 Å². The first kappa shape index (κ1) is 20.4. The Morgan fingerprint density at radius 2 is 1.42 bits per heavy atom. The first-order valence-corrected chi connectivity index (χ1v) is 8.48. The van der Waals surface area contributed by atoms with Gasteiger partial charge >= 0.3 is 0 Å². The van der Waals surface area contributed by atoms with Crippen LogP contribution in [0.2, 0.25) is 0 Å². The lowest BCUT2D eigenvalue weighted by Crippen LogP contribution is -2.67. The van der Waals surface area contributed by atoms with E-state index in [2.05, 4.69) is 36.7 Å². The predicted octanol–water partition coefficient (Wildman–Crippen LogP) is 3.93. The summed E-state index contributed by atoms with van der Waals surface area (Å²) in [6, 6.07) is 0.0636. The predicted molar refractivity (Wildman–Crippen MR) is 100 cm³/mol. The van der Waals surface area contributed by atoms with Gasteiger partial charge in [0.25, 0.3) is 0 Å². The zero-order valence-electron chi connectivity index (χ0n) is 15.2. The monoisotopic (exact) mass is 332 g/mol. The standard InChI is InChI=1S/C20H32N2O2/c1-7-11-19(12-8-2)15-18(21-17(5)23)16-20(13-9-3,14-10-4)22(19)24-6/h7-10,18H,1-4,11-16H2,5-6H3,(H,21,23). The van der Waals surface area contributed by atoms with Crippen LogP contribution in [0.3, 0.4) is 0 Å². The maximum atomic E-state index is 11.7. The maximum absolute atomic E-state index is 11.7. The first-order chi connectivity index (χ1) is 11.4. The molecule has 0 unspecified atom stereocenters. The van der Waals surface area contributed by atoms with E-state index in [-0.39, 0.29) is 23.0 Å². The third-order valence-corrected chi connectivity index (χ3v) is 4.80. The van der Waals surface area contributed by atoms with Gasteiger partial charge in [-0.15, -0.1) is 26.3 Å². The molecule has 1 amide bonds. The van der Waals surface area contributed by atoms with Gasteiger partial charge in [0, 0.05) is 13.0 Å². The molecule has 1 saturated heterocycles. The summed E-state index contributed by atoms with van der Waals surface area (Å²) in [5.74, 6) is -0.0110. The molecule has 0 aromatic rings. The Morgan fingerprint density at radius 3 is 1.67 bits per heavy atom. The van der Waals surface area contributed by atoms with Crippen molar-refractivity contribution < 1.29 is 9.63 Å². The number of rotatable bonds is 10. The minimum absolute atomic E-state index is 0.0110. The third-order valence-electron chi connectivity index (χ3n) is 4.80. The van der Waals surface area contributed by atoms with Crippen molar-refractivity contribution in [2.75, 3.05) is 7.11 Å². The van der Waals surface area contributed by atoms with E-state index in [1.54, 1.807) is 14.0 Å². The number of piperidine rings is 1. The zero-order valence-corrected chi connectivity index (χ0v) is 15.2. The molecule has 1 fully saturated rings. The molecule has 0 atom stereocenters. The molecule has 1 aliphatic heterocycles. The second-order valence-electron chi connectivity index (χ2n) is 6.70. The lowest BCUT2D eigenvalue weighted by atomic mass is 9.70. The summed E-state index contributed by atoms with van der Waals surface area (Å²) in [7, 11) is 1.71. The van der Waals surface area contributed by atoms with E-state index in [4.69, 9.17) is 4.84 Å². The van der Waals surface area contributed by atoms with Gasteiger partial charge < -0.3 is 10.2 Å². The van der Waals surface area contributed by atoms with Crippen molar-refractivity contribution in [1.82, 2.24) is 10.4 Å². The van der Waals surface area contributed by atoms with E-state index in [9.17, 15) is 4.79 Å². The van der Waals surface area contributed by atoms with Gasteiger partial charge in [0.05, 0.1) is 18.2 Å². The van der Waals surface area contributed by atoms with Crippen LogP contribution < -0.4 is 5.32 Å². The fourth-order valence-corrected chi connectivity index (χ4v) is 4.34. The minimum Gasteiger partial charge on any atom is -0.353 e. The van der Waals surface area contributed by atoms with Gasteiger partial charge in [-0.2, -0.15) is 5.06 Å². The van der Waals surface area contributed by atoms with Crippen LogP contribution in [-0.4, -0.2) is 35.2 Å². The number of hydrogen-bond acceptors (Lipinski definition) is 3. The van der Waals surface area contributed by atoms with Crippen molar-refractivity contribution in [3.8, 4) is 0 Å². The molecule has 0 aliphatic carbocycles. The van der Waals surface area contributed by atoms with Crippen LogP contribution in [0.15, 0.2) is 50.6 Å². The van der Waals surface area contributed by atoms with Crippen molar-refractivity contribution in [2.45, 2.75) is 62.6 Å². The van der Waals surface area contributed by atoms with Crippen LogP contribution >= 0.6 is 0 Å². The molecule has 24 heavy (non-hydrogen) atoms. The van der Waals surface area contributed by atoms with Crippen LogP contribution in [-0.2, 0) is 9.63 Å². The quantitative estimate of drug-likeness (QED) is 0.616. The molecule has 0 bridgehead atoms. The number of nitrogens with one attached hydrogen (secondary N) is 1. The summed E-state index contributed by atoms with van der Waals surface area (Å²) in [6.45, 7) is 17.3. The Hall–Kier alpha value is -1.65. The number of amides is 1. The lowest BCUT2D eigenvalue weighted by Gasteiger charge is -2.58. The second-order valence-corrected chi connectivity index (χ2v) is 6.70.